The summed E-state index contributed by atoms with van der Waals surface area (Å²) in [5, 5.41) is 13.6. The third kappa shape index (κ3) is 4.18. The second-order valence-corrected chi connectivity index (χ2v) is 8.84. The van der Waals surface area contributed by atoms with Crippen LogP contribution in [-0.4, -0.2) is 36.6 Å². The van der Waals surface area contributed by atoms with Crippen molar-refractivity contribution in [2.24, 2.45) is 5.92 Å². The Hall–Kier alpha value is -3.39. The zero-order valence-electron chi connectivity index (χ0n) is 19.1. The standard InChI is InChI=1S/C24H26ClN7O/c1-14-23(18-7-9-19(33-4)10-8-18)30-31(12-17-5-6-17)24(14)28-20-11-21(27-13-26-20)32-16(3)22(25)15(2)29-32/h7-11,13,17H,5-6,12H2,1-4H3,(H,26,27,28). The molecule has 1 aromatic carbocycles. The Labute approximate surface area is 197 Å². The molecule has 1 aliphatic rings. The molecule has 8 nitrogen and oxygen atoms in total. The molecule has 0 saturated heterocycles. The highest BCUT2D eigenvalue weighted by Gasteiger charge is 2.26. The Kier molecular flexibility index (Phi) is 5.54. The van der Waals surface area contributed by atoms with Gasteiger partial charge in [-0.2, -0.15) is 10.2 Å². The molecule has 1 N–H and O–H groups in total. The molecule has 9 heteroatoms. The zero-order chi connectivity index (χ0) is 23.1. The maximum atomic E-state index is 6.33. The maximum absolute atomic E-state index is 6.33. The second kappa shape index (κ2) is 8.51. The number of aromatic nitrogens is 6. The van der Waals surface area contributed by atoms with E-state index in [1.54, 1.807) is 11.8 Å². The van der Waals surface area contributed by atoms with Gasteiger partial charge in [0.05, 0.1) is 29.2 Å². The molecule has 0 radical (unpaired) electrons. The normalized spacial score (nSPS) is 13.4. The molecule has 0 atom stereocenters. The molecule has 0 aliphatic heterocycles. The molecule has 1 aliphatic carbocycles. The number of halogens is 1. The van der Waals surface area contributed by atoms with E-state index in [0.717, 1.165) is 46.3 Å². The first-order chi connectivity index (χ1) is 15.9. The van der Waals surface area contributed by atoms with E-state index in [1.807, 2.05) is 44.2 Å². The van der Waals surface area contributed by atoms with Crippen LogP contribution in [0.25, 0.3) is 17.1 Å². The number of anilines is 2. The molecule has 3 aromatic heterocycles. The van der Waals surface area contributed by atoms with Crippen LogP contribution in [0.2, 0.25) is 5.02 Å². The van der Waals surface area contributed by atoms with E-state index in [4.69, 9.17) is 21.4 Å². The highest BCUT2D eigenvalue weighted by Crippen LogP contribution is 2.36. The Morgan fingerprint density at radius 1 is 1.09 bits per heavy atom. The molecule has 0 amide bonds. The van der Waals surface area contributed by atoms with Crippen LogP contribution < -0.4 is 10.1 Å². The van der Waals surface area contributed by atoms with E-state index in [1.165, 1.54) is 19.2 Å². The van der Waals surface area contributed by atoms with Gasteiger partial charge in [-0.1, -0.05) is 11.6 Å². The number of benzene rings is 1. The van der Waals surface area contributed by atoms with Crippen molar-refractivity contribution in [1.82, 2.24) is 29.5 Å². The van der Waals surface area contributed by atoms with Crippen LogP contribution in [0.1, 0.15) is 29.8 Å². The lowest BCUT2D eigenvalue weighted by Gasteiger charge is -2.11. The Morgan fingerprint density at radius 3 is 2.48 bits per heavy atom. The van der Waals surface area contributed by atoms with Crippen LogP contribution in [0.3, 0.4) is 0 Å². The van der Waals surface area contributed by atoms with Crippen LogP contribution in [0, 0.1) is 26.7 Å². The number of methoxy groups -OCH3 is 1. The monoisotopic (exact) mass is 463 g/mol. The molecular weight excluding hydrogens is 438 g/mol. The third-order valence-corrected chi connectivity index (χ3v) is 6.55. The lowest BCUT2D eigenvalue weighted by molar-refractivity contribution is 0.415. The first-order valence-electron chi connectivity index (χ1n) is 11.0. The number of aryl methyl sites for hydroxylation is 1. The van der Waals surface area contributed by atoms with E-state index in [9.17, 15) is 0 Å². The molecular formula is C24H26ClN7O. The molecule has 33 heavy (non-hydrogen) atoms. The van der Waals surface area contributed by atoms with E-state index < -0.39 is 0 Å². The third-order valence-electron chi connectivity index (χ3n) is 6.00. The number of ether oxygens (including phenoxy) is 1. The van der Waals surface area contributed by atoms with Crippen molar-refractivity contribution < 1.29 is 4.74 Å². The molecule has 1 saturated carbocycles. The van der Waals surface area contributed by atoms with Gasteiger partial charge in [0.1, 0.15) is 23.7 Å². The smallest absolute Gasteiger partial charge is 0.159 e. The fraction of sp³-hybridized carbons (Fsp3) is 0.333. The van der Waals surface area contributed by atoms with Crippen LogP contribution in [-0.2, 0) is 6.54 Å². The zero-order valence-corrected chi connectivity index (χ0v) is 19.9. The molecule has 0 bridgehead atoms. The number of rotatable bonds is 7. The molecule has 0 unspecified atom stereocenters. The highest BCUT2D eigenvalue weighted by atomic mass is 35.5. The van der Waals surface area contributed by atoms with Gasteiger partial charge in [0.2, 0.25) is 0 Å². The van der Waals surface area contributed by atoms with Gasteiger partial charge < -0.3 is 10.1 Å². The summed E-state index contributed by atoms with van der Waals surface area (Å²) in [5.74, 6) is 3.76. The van der Waals surface area contributed by atoms with Crippen LogP contribution in [0.5, 0.6) is 5.75 Å². The van der Waals surface area contributed by atoms with E-state index in [2.05, 4.69) is 32.0 Å². The van der Waals surface area contributed by atoms with Gasteiger partial charge in [-0.05, 0) is 63.8 Å². The fourth-order valence-corrected chi connectivity index (χ4v) is 4.03. The molecule has 3 heterocycles. The Balaban J connectivity index is 1.51. The average molecular weight is 464 g/mol. The first kappa shape index (κ1) is 21.5. The SMILES string of the molecule is COc1ccc(-c2nn(CC3CC3)c(Nc3cc(-n4nc(C)c(Cl)c4C)ncn3)c2C)cc1. The van der Waals surface area contributed by atoms with E-state index in [0.29, 0.717) is 22.6 Å². The molecule has 4 aromatic rings. The summed E-state index contributed by atoms with van der Waals surface area (Å²) in [6.45, 7) is 6.77. The predicted octanol–water partition coefficient (Wildman–Crippen LogP) is 5.27. The summed E-state index contributed by atoms with van der Waals surface area (Å²) in [5.41, 5.74) is 4.67. The van der Waals surface area contributed by atoms with Crippen LogP contribution in [0.15, 0.2) is 36.7 Å². The maximum Gasteiger partial charge on any atom is 0.159 e. The number of hydrogen-bond acceptors (Lipinski definition) is 6. The van der Waals surface area contributed by atoms with Crippen molar-refractivity contribution in [3.8, 4) is 22.8 Å². The number of nitrogens with one attached hydrogen (secondary N) is 1. The van der Waals surface area contributed by atoms with Crippen LogP contribution >= 0.6 is 11.6 Å². The average Bonchev–Trinajstić information content (AvgIpc) is 3.56. The summed E-state index contributed by atoms with van der Waals surface area (Å²) >= 11 is 6.33. The Morgan fingerprint density at radius 2 is 1.85 bits per heavy atom. The molecule has 5 rings (SSSR count). The van der Waals surface area contributed by atoms with Crippen molar-refractivity contribution in [2.45, 2.75) is 40.2 Å². The van der Waals surface area contributed by atoms with Gasteiger partial charge in [0.15, 0.2) is 5.82 Å². The van der Waals surface area contributed by atoms with Crippen molar-refractivity contribution in [1.29, 1.82) is 0 Å². The van der Waals surface area contributed by atoms with Gasteiger partial charge in [-0.25, -0.2) is 19.3 Å². The van der Waals surface area contributed by atoms with Gasteiger partial charge in [0.25, 0.3) is 0 Å². The van der Waals surface area contributed by atoms with Crippen LogP contribution in [0.4, 0.5) is 11.6 Å². The van der Waals surface area contributed by atoms with Gasteiger partial charge in [-0.3, -0.25) is 0 Å². The van der Waals surface area contributed by atoms with Crippen molar-refractivity contribution >= 4 is 23.2 Å². The predicted molar refractivity (Wildman–Crippen MR) is 129 cm³/mol. The van der Waals surface area contributed by atoms with Crippen molar-refractivity contribution in [2.75, 3.05) is 12.4 Å². The minimum absolute atomic E-state index is 0.644. The van der Waals surface area contributed by atoms with Gasteiger partial charge in [0, 0.05) is 23.7 Å². The van der Waals surface area contributed by atoms with E-state index >= 15 is 0 Å². The number of hydrogen-bond donors (Lipinski definition) is 1. The fourth-order valence-electron chi connectivity index (χ4n) is 3.91. The molecule has 1 fully saturated rings. The second-order valence-electron chi connectivity index (χ2n) is 8.46. The summed E-state index contributed by atoms with van der Waals surface area (Å²) in [7, 11) is 1.67. The minimum atomic E-state index is 0.644. The van der Waals surface area contributed by atoms with Gasteiger partial charge in [-0.15, -0.1) is 0 Å². The lowest BCUT2D eigenvalue weighted by Crippen LogP contribution is -2.09. The summed E-state index contributed by atoms with van der Waals surface area (Å²) < 4.78 is 9.10. The van der Waals surface area contributed by atoms with Crippen molar-refractivity contribution in [3.63, 3.8) is 0 Å². The highest BCUT2D eigenvalue weighted by molar-refractivity contribution is 6.31. The topological polar surface area (TPSA) is 82.7 Å². The summed E-state index contributed by atoms with van der Waals surface area (Å²) in [6, 6.07) is 9.86. The van der Waals surface area contributed by atoms with Crippen molar-refractivity contribution in [3.05, 3.63) is 58.6 Å². The minimum Gasteiger partial charge on any atom is -0.497 e. The number of nitrogens with zero attached hydrogens (tertiary/aromatic N) is 6. The quantitative estimate of drug-likeness (QED) is 0.402. The van der Waals surface area contributed by atoms with Gasteiger partial charge >= 0.3 is 0 Å². The first-order valence-corrected chi connectivity index (χ1v) is 11.4. The summed E-state index contributed by atoms with van der Waals surface area (Å²) in [6.07, 6.45) is 4.02. The largest absolute Gasteiger partial charge is 0.497 e. The molecule has 170 valence electrons. The molecule has 0 spiro atoms. The lowest BCUT2D eigenvalue weighted by atomic mass is 10.1. The van der Waals surface area contributed by atoms with E-state index in [-0.39, 0.29) is 0 Å². The Bertz CT molecular complexity index is 1310. The summed E-state index contributed by atoms with van der Waals surface area (Å²) in [4.78, 5) is 8.84.